The highest BCUT2D eigenvalue weighted by Crippen LogP contribution is 2.18. The number of likely N-dealkylation sites (N-methyl/N-ethyl adjacent to an activating group) is 1. The van der Waals surface area contributed by atoms with Gasteiger partial charge in [0.25, 0.3) is 0 Å². The zero-order valence-electron chi connectivity index (χ0n) is 13.8. The molecule has 0 aliphatic rings. The molecule has 0 aliphatic carbocycles. The summed E-state index contributed by atoms with van der Waals surface area (Å²) in [6.45, 7) is 9.34. The number of carbonyl (C=O) groups is 1. The molecule has 0 atom stereocenters. The second kappa shape index (κ2) is 7.12. The van der Waals surface area contributed by atoms with E-state index in [1.165, 1.54) is 11.1 Å². The van der Waals surface area contributed by atoms with Crippen molar-refractivity contribution in [2.24, 2.45) is 0 Å². The van der Waals surface area contributed by atoms with Gasteiger partial charge in [0.1, 0.15) is 0 Å². The van der Waals surface area contributed by atoms with Gasteiger partial charge >= 0.3 is 0 Å². The van der Waals surface area contributed by atoms with Crippen LogP contribution >= 0.6 is 0 Å². The van der Waals surface area contributed by atoms with Gasteiger partial charge in [-0.3, -0.25) is 4.79 Å². The largest absolute Gasteiger partial charge is 0.362 e. The average Bonchev–Trinajstić information content (AvgIpc) is 2.47. The van der Waals surface area contributed by atoms with Crippen molar-refractivity contribution in [3.8, 4) is 0 Å². The maximum Gasteiger partial charge on any atom is 0.243 e. The number of rotatable bonds is 5. The number of amides is 1. The molecular weight excluding hydrogens is 272 g/mol. The van der Waals surface area contributed by atoms with E-state index < -0.39 is 0 Å². The molecule has 2 aromatic rings. The van der Waals surface area contributed by atoms with Gasteiger partial charge in [0.15, 0.2) is 0 Å². The smallest absolute Gasteiger partial charge is 0.243 e. The summed E-state index contributed by atoms with van der Waals surface area (Å²) in [5.74, 6) is 0.00955. The topological polar surface area (TPSA) is 32.3 Å². The number of nitrogens with zero attached hydrogens (tertiary/aromatic N) is 1. The first-order valence-corrected chi connectivity index (χ1v) is 7.68. The zero-order chi connectivity index (χ0) is 16.1. The van der Waals surface area contributed by atoms with Crippen molar-refractivity contribution in [2.75, 3.05) is 23.3 Å². The van der Waals surface area contributed by atoms with E-state index in [4.69, 9.17) is 0 Å². The predicted octanol–water partition coefficient (Wildman–Crippen LogP) is 4.08. The lowest BCUT2D eigenvalue weighted by atomic mass is 10.1. The summed E-state index contributed by atoms with van der Waals surface area (Å²) in [6.07, 6.45) is 0. The standard InChI is InChI=1S/C19H24N2O/c1-5-21(17-8-6-7-14(2)12-17)13-19(22)20-18-10-9-15(3)11-16(18)4/h6-12H,5,13H2,1-4H3,(H,20,22). The van der Waals surface area contributed by atoms with Gasteiger partial charge in [0, 0.05) is 17.9 Å². The summed E-state index contributed by atoms with van der Waals surface area (Å²) in [6, 6.07) is 14.3. The van der Waals surface area contributed by atoms with E-state index >= 15 is 0 Å². The van der Waals surface area contributed by atoms with Crippen LogP contribution in [0.5, 0.6) is 0 Å². The molecule has 0 bridgehead atoms. The molecular formula is C19H24N2O. The molecule has 2 rings (SSSR count). The lowest BCUT2D eigenvalue weighted by Crippen LogP contribution is -2.33. The fourth-order valence-electron chi connectivity index (χ4n) is 2.53. The van der Waals surface area contributed by atoms with Crippen molar-refractivity contribution in [3.63, 3.8) is 0 Å². The monoisotopic (exact) mass is 296 g/mol. The van der Waals surface area contributed by atoms with Crippen LogP contribution in [-0.4, -0.2) is 19.0 Å². The normalized spacial score (nSPS) is 10.4. The fraction of sp³-hybridized carbons (Fsp3) is 0.316. The Bertz CT molecular complexity index is 664. The van der Waals surface area contributed by atoms with Crippen LogP contribution in [0.4, 0.5) is 11.4 Å². The van der Waals surface area contributed by atoms with E-state index in [0.29, 0.717) is 6.54 Å². The van der Waals surface area contributed by atoms with Crippen LogP contribution in [0.25, 0.3) is 0 Å². The van der Waals surface area contributed by atoms with Crippen molar-refractivity contribution in [3.05, 3.63) is 59.2 Å². The molecule has 1 N–H and O–H groups in total. The van der Waals surface area contributed by atoms with E-state index in [-0.39, 0.29) is 5.91 Å². The van der Waals surface area contributed by atoms with E-state index in [1.54, 1.807) is 0 Å². The van der Waals surface area contributed by atoms with Crippen LogP contribution in [0.1, 0.15) is 23.6 Å². The molecule has 1 amide bonds. The number of benzene rings is 2. The molecule has 0 saturated carbocycles. The molecule has 0 spiro atoms. The Balaban J connectivity index is 2.06. The van der Waals surface area contributed by atoms with Gasteiger partial charge in [-0.25, -0.2) is 0 Å². The third kappa shape index (κ3) is 4.10. The van der Waals surface area contributed by atoms with Gasteiger partial charge in [-0.15, -0.1) is 0 Å². The molecule has 0 fully saturated rings. The predicted molar refractivity (Wildman–Crippen MR) is 93.6 cm³/mol. The first-order valence-electron chi connectivity index (χ1n) is 7.68. The number of anilines is 2. The van der Waals surface area contributed by atoms with E-state index in [9.17, 15) is 4.79 Å². The van der Waals surface area contributed by atoms with Crippen molar-refractivity contribution in [1.29, 1.82) is 0 Å². The highest BCUT2D eigenvalue weighted by molar-refractivity contribution is 5.94. The number of carbonyl (C=O) groups excluding carboxylic acids is 1. The molecule has 3 heteroatoms. The third-order valence-corrected chi connectivity index (χ3v) is 3.74. The molecule has 0 aromatic heterocycles. The fourth-order valence-corrected chi connectivity index (χ4v) is 2.53. The Morgan fingerprint density at radius 3 is 2.41 bits per heavy atom. The molecule has 0 unspecified atom stereocenters. The lowest BCUT2D eigenvalue weighted by molar-refractivity contribution is -0.115. The van der Waals surface area contributed by atoms with Crippen LogP contribution in [0, 0.1) is 20.8 Å². The van der Waals surface area contributed by atoms with Crippen molar-refractivity contribution in [2.45, 2.75) is 27.7 Å². The molecule has 22 heavy (non-hydrogen) atoms. The summed E-state index contributed by atoms with van der Waals surface area (Å²) in [5.41, 5.74) is 5.46. The Hall–Kier alpha value is -2.29. The lowest BCUT2D eigenvalue weighted by Gasteiger charge is -2.23. The number of nitrogens with one attached hydrogen (secondary N) is 1. The van der Waals surface area contributed by atoms with Crippen LogP contribution in [0.2, 0.25) is 0 Å². The summed E-state index contributed by atoms with van der Waals surface area (Å²) in [5, 5.41) is 3.01. The Morgan fingerprint density at radius 1 is 1.05 bits per heavy atom. The van der Waals surface area contributed by atoms with Crippen molar-refractivity contribution in [1.82, 2.24) is 0 Å². The quantitative estimate of drug-likeness (QED) is 0.901. The molecule has 0 saturated heterocycles. The molecule has 0 radical (unpaired) electrons. The SMILES string of the molecule is CCN(CC(=O)Nc1ccc(C)cc1C)c1cccc(C)c1. The first-order chi connectivity index (χ1) is 10.5. The van der Waals surface area contributed by atoms with Crippen LogP contribution < -0.4 is 10.2 Å². The van der Waals surface area contributed by atoms with Crippen molar-refractivity contribution < 1.29 is 4.79 Å². The number of hydrogen-bond donors (Lipinski definition) is 1. The van der Waals surface area contributed by atoms with Gasteiger partial charge in [-0.1, -0.05) is 29.8 Å². The van der Waals surface area contributed by atoms with Gasteiger partial charge in [0.2, 0.25) is 5.91 Å². The second-order valence-corrected chi connectivity index (χ2v) is 5.72. The van der Waals surface area contributed by atoms with Gasteiger partial charge in [-0.2, -0.15) is 0 Å². The maximum atomic E-state index is 12.3. The van der Waals surface area contributed by atoms with E-state index in [1.807, 2.05) is 31.2 Å². The van der Waals surface area contributed by atoms with Gasteiger partial charge in [0.05, 0.1) is 6.54 Å². The highest BCUT2D eigenvalue weighted by atomic mass is 16.2. The minimum absolute atomic E-state index is 0.00955. The second-order valence-electron chi connectivity index (χ2n) is 5.72. The Labute approximate surface area is 133 Å². The van der Waals surface area contributed by atoms with E-state index in [2.05, 4.69) is 49.2 Å². The van der Waals surface area contributed by atoms with Gasteiger partial charge < -0.3 is 10.2 Å². The van der Waals surface area contributed by atoms with E-state index in [0.717, 1.165) is 23.5 Å². The van der Waals surface area contributed by atoms with Gasteiger partial charge in [-0.05, 0) is 57.0 Å². The molecule has 2 aromatic carbocycles. The van der Waals surface area contributed by atoms with Crippen LogP contribution in [0.15, 0.2) is 42.5 Å². The summed E-state index contributed by atoms with van der Waals surface area (Å²) < 4.78 is 0. The maximum absolute atomic E-state index is 12.3. The number of aryl methyl sites for hydroxylation is 3. The van der Waals surface area contributed by atoms with Crippen LogP contribution in [-0.2, 0) is 4.79 Å². The number of hydrogen-bond acceptors (Lipinski definition) is 2. The van der Waals surface area contributed by atoms with Crippen molar-refractivity contribution >= 4 is 17.3 Å². The summed E-state index contributed by atoms with van der Waals surface area (Å²) in [4.78, 5) is 14.4. The molecule has 116 valence electrons. The zero-order valence-corrected chi connectivity index (χ0v) is 13.8. The summed E-state index contributed by atoms with van der Waals surface area (Å²) in [7, 11) is 0. The Morgan fingerprint density at radius 2 is 1.77 bits per heavy atom. The highest BCUT2D eigenvalue weighted by Gasteiger charge is 2.11. The first kappa shape index (κ1) is 16.1. The Kier molecular flexibility index (Phi) is 5.21. The molecule has 0 aliphatic heterocycles. The van der Waals surface area contributed by atoms with Crippen LogP contribution in [0.3, 0.4) is 0 Å². The minimum atomic E-state index is 0.00955. The summed E-state index contributed by atoms with van der Waals surface area (Å²) >= 11 is 0. The third-order valence-electron chi connectivity index (χ3n) is 3.74. The minimum Gasteiger partial charge on any atom is -0.362 e. The molecule has 0 heterocycles. The average molecular weight is 296 g/mol. The molecule has 3 nitrogen and oxygen atoms in total.